The average Bonchev–Trinajstić information content (AvgIpc) is 2.91. The quantitative estimate of drug-likeness (QED) is 0.850. The molecular weight excluding hydrogens is 293 g/mol. The van der Waals surface area contributed by atoms with Crippen LogP contribution in [0.2, 0.25) is 0 Å². The van der Waals surface area contributed by atoms with Crippen molar-refractivity contribution in [2.24, 2.45) is 0 Å². The topological polar surface area (TPSA) is 57.6 Å². The monoisotopic (exact) mass is 311 g/mol. The van der Waals surface area contributed by atoms with E-state index in [1.165, 1.54) is 28.8 Å². The zero-order valence-electron chi connectivity index (χ0n) is 11.8. The highest BCUT2D eigenvalue weighted by molar-refractivity contribution is 8.00. The Hall–Kier alpha value is -1.56. The van der Waals surface area contributed by atoms with Crippen LogP contribution in [-0.4, -0.2) is 39.7 Å². The summed E-state index contributed by atoms with van der Waals surface area (Å²) in [5, 5.41) is 9.46. The SMILES string of the molecule is CCC1(C(=O)O)CCCN1C(=O)CSc1ccc(F)cc1. The molecule has 1 aliphatic rings. The zero-order chi connectivity index (χ0) is 15.5. The van der Waals surface area contributed by atoms with E-state index in [9.17, 15) is 19.1 Å². The van der Waals surface area contributed by atoms with Crippen molar-refractivity contribution >= 4 is 23.6 Å². The van der Waals surface area contributed by atoms with Gasteiger partial charge in [-0.15, -0.1) is 11.8 Å². The minimum atomic E-state index is -1.06. The molecule has 0 saturated carbocycles. The van der Waals surface area contributed by atoms with E-state index in [0.29, 0.717) is 25.8 Å². The summed E-state index contributed by atoms with van der Waals surface area (Å²) in [6.07, 6.45) is 1.63. The molecule has 114 valence electrons. The summed E-state index contributed by atoms with van der Waals surface area (Å²) < 4.78 is 12.8. The minimum Gasteiger partial charge on any atom is -0.479 e. The lowest BCUT2D eigenvalue weighted by Gasteiger charge is -2.33. The van der Waals surface area contributed by atoms with E-state index in [0.717, 1.165) is 4.90 Å². The zero-order valence-corrected chi connectivity index (χ0v) is 12.7. The molecule has 6 heteroatoms. The molecule has 1 saturated heterocycles. The summed E-state index contributed by atoms with van der Waals surface area (Å²) in [5.74, 6) is -1.25. The van der Waals surface area contributed by atoms with Crippen LogP contribution in [-0.2, 0) is 9.59 Å². The number of thioether (sulfide) groups is 1. The minimum absolute atomic E-state index is 0.167. The van der Waals surface area contributed by atoms with E-state index in [1.807, 2.05) is 0 Å². The van der Waals surface area contributed by atoms with Crippen LogP contribution in [0.4, 0.5) is 4.39 Å². The first-order valence-electron chi connectivity index (χ1n) is 6.92. The number of nitrogens with zero attached hydrogens (tertiary/aromatic N) is 1. The number of likely N-dealkylation sites (tertiary alicyclic amines) is 1. The molecule has 21 heavy (non-hydrogen) atoms. The Morgan fingerprint density at radius 2 is 2.05 bits per heavy atom. The number of carbonyl (C=O) groups excluding carboxylic acids is 1. The molecule has 2 rings (SSSR count). The second-order valence-electron chi connectivity index (χ2n) is 5.08. The molecule has 1 aliphatic heterocycles. The first-order valence-corrected chi connectivity index (χ1v) is 7.90. The molecule has 0 aliphatic carbocycles. The van der Waals surface area contributed by atoms with Crippen molar-refractivity contribution in [1.82, 2.24) is 4.90 Å². The van der Waals surface area contributed by atoms with E-state index in [2.05, 4.69) is 0 Å². The second-order valence-corrected chi connectivity index (χ2v) is 6.13. The van der Waals surface area contributed by atoms with E-state index < -0.39 is 11.5 Å². The number of benzene rings is 1. The number of rotatable bonds is 5. The Balaban J connectivity index is 2.02. The van der Waals surface area contributed by atoms with Crippen molar-refractivity contribution in [3.8, 4) is 0 Å². The average molecular weight is 311 g/mol. The largest absolute Gasteiger partial charge is 0.479 e. The van der Waals surface area contributed by atoms with Crippen LogP contribution in [0.25, 0.3) is 0 Å². The molecule has 1 aromatic rings. The van der Waals surface area contributed by atoms with E-state index in [1.54, 1.807) is 19.1 Å². The molecule has 1 fully saturated rings. The van der Waals surface area contributed by atoms with Crippen molar-refractivity contribution in [2.45, 2.75) is 36.6 Å². The highest BCUT2D eigenvalue weighted by Crippen LogP contribution is 2.33. The van der Waals surface area contributed by atoms with Gasteiger partial charge in [0, 0.05) is 11.4 Å². The van der Waals surface area contributed by atoms with Crippen molar-refractivity contribution < 1.29 is 19.1 Å². The molecule has 1 aromatic carbocycles. The van der Waals surface area contributed by atoms with Crippen LogP contribution in [0.15, 0.2) is 29.2 Å². The fourth-order valence-corrected chi connectivity index (χ4v) is 3.51. The molecule has 1 atom stereocenters. The normalized spacial score (nSPS) is 21.5. The lowest BCUT2D eigenvalue weighted by Crippen LogP contribution is -2.53. The summed E-state index contributed by atoms with van der Waals surface area (Å²) in [7, 11) is 0. The van der Waals surface area contributed by atoms with Crippen molar-refractivity contribution in [2.75, 3.05) is 12.3 Å². The number of hydrogen-bond acceptors (Lipinski definition) is 3. The van der Waals surface area contributed by atoms with Crippen LogP contribution in [0.5, 0.6) is 0 Å². The third-order valence-corrected chi connectivity index (χ3v) is 4.95. The van der Waals surface area contributed by atoms with Crippen LogP contribution in [0.1, 0.15) is 26.2 Å². The molecule has 0 radical (unpaired) electrons. The Morgan fingerprint density at radius 1 is 1.38 bits per heavy atom. The molecule has 1 unspecified atom stereocenters. The maximum absolute atomic E-state index is 12.8. The van der Waals surface area contributed by atoms with Gasteiger partial charge in [0.1, 0.15) is 11.4 Å². The van der Waals surface area contributed by atoms with Gasteiger partial charge in [-0.05, 0) is 43.5 Å². The van der Waals surface area contributed by atoms with Crippen molar-refractivity contribution in [1.29, 1.82) is 0 Å². The highest BCUT2D eigenvalue weighted by Gasteiger charge is 2.48. The Labute approximate surface area is 127 Å². The third kappa shape index (κ3) is 3.20. The molecular formula is C15H18FNO3S. The van der Waals surface area contributed by atoms with Gasteiger partial charge in [0.05, 0.1) is 5.75 Å². The third-order valence-electron chi connectivity index (χ3n) is 3.95. The van der Waals surface area contributed by atoms with E-state index in [4.69, 9.17) is 0 Å². The number of carboxylic acids is 1. The van der Waals surface area contributed by atoms with Gasteiger partial charge in [0.2, 0.25) is 5.91 Å². The number of carbonyl (C=O) groups is 2. The fraction of sp³-hybridized carbons (Fsp3) is 0.467. The van der Waals surface area contributed by atoms with Gasteiger partial charge in [0.15, 0.2) is 0 Å². The second kappa shape index (κ2) is 6.47. The Morgan fingerprint density at radius 3 is 2.62 bits per heavy atom. The van der Waals surface area contributed by atoms with Gasteiger partial charge in [-0.25, -0.2) is 9.18 Å². The maximum Gasteiger partial charge on any atom is 0.329 e. The summed E-state index contributed by atoms with van der Waals surface area (Å²) in [6.45, 7) is 2.29. The Bertz CT molecular complexity index is 534. The summed E-state index contributed by atoms with van der Waals surface area (Å²) in [6, 6.07) is 5.91. The number of aliphatic carboxylic acids is 1. The van der Waals surface area contributed by atoms with Crippen molar-refractivity contribution in [3.05, 3.63) is 30.1 Å². The van der Waals surface area contributed by atoms with Gasteiger partial charge < -0.3 is 10.0 Å². The molecule has 0 bridgehead atoms. The molecule has 4 nitrogen and oxygen atoms in total. The molecule has 1 amide bonds. The van der Waals surface area contributed by atoms with E-state index >= 15 is 0 Å². The van der Waals surface area contributed by atoms with Gasteiger partial charge in [0.25, 0.3) is 0 Å². The standard InChI is InChI=1S/C15H18FNO3S/c1-2-15(14(19)20)8-3-9-17(15)13(18)10-21-12-6-4-11(16)5-7-12/h4-7H,2-3,8-10H2,1H3,(H,19,20). The van der Waals surface area contributed by atoms with Gasteiger partial charge in [-0.2, -0.15) is 0 Å². The number of hydrogen-bond donors (Lipinski definition) is 1. The predicted molar refractivity (Wildman–Crippen MR) is 78.7 cm³/mol. The van der Waals surface area contributed by atoms with Crippen LogP contribution >= 0.6 is 11.8 Å². The van der Waals surface area contributed by atoms with Gasteiger partial charge in [-0.1, -0.05) is 6.92 Å². The van der Waals surface area contributed by atoms with Gasteiger partial charge >= 0.3 is 5.97 Å². The highest BCUT2D eigenvalue weighted by atomic mass is 32.2. The smallest absolute Gasteiger partial charge is 0.329 e. The molecule has 1 N–H and O–H groups in total. The van der Waals surface area contributed by atoms with Crippen LogP contribution in [0.3, 0.4) is 0 Å². The fourth-order valence-electron chi connectivity index (χ4n) is 2.74. The first-order chi connectivity index (χ1) is 9.99. The summed E-state index contributed by atoms with van der Waals surface area (Å²) >= 11 is 1.30. The maximum atomic E-state index is 12.8. The van der Waals surface area contributed by atoms with Crippen molar-refractivity contribution in [3.63, 3.8) is 0 Å². The number of amides is 1. The predicted octanol–water partition coefficient (Wildman–Crippen LogP) is 2.77. The van der Waals surface area contributed by atoms with Gasteiger partial charge in [-0.3, -0.25) is 4.79 Å². The lowest BCUT2D eigenvalue weighted by atomic mass is 9.93. The number of halogens is 1. The summed E-state index contributed by atoms with van der Waals surface area (Å²) in [5.41, 5.74) is -1.06. The molecule has 0 aromatic heterocycles. The Kier molecular flexibility index (Phi) is 4.88. The lowest BCUT2D eigenvalue weighted by molar-refractivity contribution is -0.155. The number of carboxylic acid groups (broad SMARTS) is 1. The van der Waals surface area contributed by atoms with Crippen LogP contribution in [0, 0.1) is 5.82 Å². The first kappa shape index (κ1) is 15.8. The van der Waals surface area contributed by atoms with Crippen LogP contribution < -0.4 is 0 Å². The molecule has 0 spiro atoms. The van der Waals surface area contributed by atoms with E-state index in [-0.39, 0.29) is 17.5 Å². The summed E-state index contributed by atoms with van der Waals surface area (Å²) in [4.78, 5) is 26.2. The molecule has 1 heterocycles.